The van der Waals surface area contributed by atoms with Crippen molar-refractivity contribution in [1.29, 1.82) is 0 Å². The average Bonchev–Trinajstić information content (AvgIpc) is 3.01. The van der Waals surface area contributed by atoms with E-state index in [9.17, 15) is 9.59 Å². The molecule has 1 aliphatic heterocycles. The van der Waals surface area contributed by atoms with Crippen LogP contribution in [0.4, 0.5) is 5.82 Å². The molecule has 0 atom stereocenters. The second-order valence-corrected chi connectivity index (χ2v) is 6.67. The molecule has 0 aliphatic carbocycles. The van der Waals surface area contributed by atoms with Gasteiger partial charge in [0.15, 0.2) is 5.69 Å². The average molecular weight is 355 g/mol. The van der Waals surface area contributed by atoms with E-state index in [1.165, 1.54) is 0 Å². The fourth-order valence-corrected chi connectivity index (χ4v) is 2.97. The first-order chi connectivity index (χ1) is 12.5. The van der Waals surface area contributed by atoms with Gasteiger partial charge in [0.2, 0.25) is 5.91 Å². The number of aryl methyl sites for hydroxylation is 2. The number of likely N-dealkylation sites (N-methyl/N-ethyl adjacent to an activating group) is 1. The van der Waals surface area contributed by atoms with Crippen LogP contribution in [-0.2, 0) is 18.3 Å². The molecule has 1 aromatic heterocycles. The van der Waals surface area contributed by atoms with E-state index in [1.54, 1.807) is 17.8 Å². The molecule has 1 aliphatic rings. The number of nitrogens with zero attached hydrogens (tertiary/aromatic N) is 4. The third kappa shape index (κ3) is 4.49. The molecule has 2 aromatic rings. The summed E-state index contributed by atoms with van der Waals surface area (Å²) in [4.78, 5) is 28.8. The Morgan fingerprint density at radius 3 is 2.46 bits per heavy atom. The summed E-state index contributed by atoms with van der Waals surface area (Å²) in [7, 11) is 3.78. The molecule has 0 unspecified atom stereocenters. The molecule has 0 bridgehead atoms. The number of piperazine rings is 1. The van der Waals surface area contributed by atoms with Crippen molar-refractivity contribution in [2.45, 2.75) is 12.8 Å². The summed E-state index contributed by atoms with van der Waals surface area (Å²) in [6.45, 7) is 3.12. The van der Waals surface area contributed by atoms with E-state index in [0.717, 1.165) is 18.7 Å². The van der Waals surface area contributed by atoms with Gasteiger partial charge in [-0.3, -0.25) is 14.3 Å². The normalized spacial score (nSPS) is 15.1. The third-order valence-corrected chi connectivity index (χ3v) is 4.64. The first-order valence-corrected chi connectivity index (χ1v) is 8.88. The summed E-state index contributed by atoms with van der Waals surface area (Å²) in [5.41, 5.74) is 1.49. The number of carbonyl (C=O) groups excluding carboxylic acids is 2. The van der Waals surface area contributed by atoms with Gasteiger partial charge in [-0.1, -0.05) is 30.3 Å². The molecular formula is C19H25N5O2. The highest BCUT2D eigenvalue weighted by molar-refractivity contribution is 5.95. The van der Waals surface area contributed by atoms with E-state index < -0.39 is 0 Å². The van der Waals surface area contributed by atoms with E-state index in [-0.39, 0.29) is 11.8 Å². The number of amides is 2. The second-order valence-electron chi connectivity index (χ2n) is 6.67. The van der Waals surface area contributed by atoms with Crippen LogP contribution < -0.4 is 5.32 Å². The van der Waals surface area contributed by atoms with E-state index in [1.807, 2.05) is 42.3 Å². The number of aromatic nitrogens is 2. The minimum absolute atomic E-state index is 0.0847. The van der Waals surface area contributed by atoms with Gasteiger partial charge in [-0.2, -0.15) is 5.10 Å². The molecule has 2 amide bonds. The summed E-state index contributed by atoms with van der Waals surface area (Å²) >= 11 is 0. The fourth-order valence-electron chi connectivity index (χ4n) is 2.97. The first kappa shape index (κ1) is 18.1. The van der Waals surface area contributed by atoms with Gasteiger partial charge in [0.25, 0.3) is 5.91 Å². The van der Waals surface area contributed by atoms with Gasteiger partial charge in [-0.05, 0) is 19.0 Å². The Bertz CT molecular complexity index is 763. The van der Waals surface area contributed by atoms with Gasteiger partial charge in [-0.25, -0.2) is 0 Å². The van der Waals surface area contributed by atoms with Gasteiger partial charge in [0, 0.05) is 45.7 Å². The summed E-state index contributed by atoms with van der Waals surface area (Å²) in [5.74, 6) is 0.370. The monoisotopic (exact) mass is 355 g/mol. The number of hydrogen-bond acceptors (Lipinski definition) is 4. The van der Waals surface area contributed by atoms with E-state index >= 15 is 0 Å². The number of nitrogens with one attached hydrogen (secondary N) is 1. The molecule has 1 saturated heterocycles. The quantitative estimate of drug-likeness (QED) is 0.880. The second kappa shape index (κ2) is 8.14. The highest BCUT2D eigenvalue weighted by Gasteiger charge is 2.23. The number of anilines is 1. The SMILES string of the molecule is CN1CCN(C(=O)c2cc(NC(=O)CCc3ccccc3)n(C)n2)CC1. The molecule has 3 rings (SSSR count). The van der Waals surface area contributed by atoms with Crippen LogP contribution in [-0.4, -0.2) is 64.6 Å². The van der Waals surface area contributed by atoms with Gasteiger partial charge >= 0.3 is 0 Å². The summed E-state index contributed by atoms with van der Waals surface area (Å²) in [5, 5.41) is 7.12. The minimum Gasteiger partial charge on any atom is -0.335 e. The maximum Gasteiger partial charge on any atom is 0.274 e. The topological polar surface area (TPSA) is 70.5 Å². The Balaban J connectivity index is 1.57. The van der Waals surface area contributed by atoms with Gasteiger partial charge in [0.1, 0.15) is 5.82 Å². The van der Waals surface area contributed by atoms with Crippen LogP contribution in [0.15, 0.2) is 36.4 Å². The Labute approximate surface area is 153 Å². The van der Waals surface area contributed by atoms with Gasteiger partial charge in [0.05, 0.1) is 0 Å². The molecule has 0 saturated carbocycles. The van der Waals surface area contributed by atoms with Crippen LogP contribution in [0.1, 0.15) is 22.5 Å². The third-order valence-electron chi connectivity index (χ3n) is 4.64. The van der Waals surface area contributed by atoms with Crippen molar-refractivity contribution >= 4 is 17.6 Å². The highest BCUT2D eigenvalue weighted by Crippen LogP contribution is 2.13. The number of benzene rings is 1. The number of rotatable bonds is 5. The zero-order chi connectivity index (χ0) is 18.5. The van der Waals surface area contributed by atoms with Crippen LogP contribution in [0.5, 0.6) is 0 Å². The van der Waals surface area contributed by atoms with E-state index in [0.29, 0.717) is 37.4 Å². The first-order valence-electron chi connectivity index (χ1n) is 8.88. The lowest BCUT2D eigenvalue weighted by atomic mass is 10.1. The van der Waals surface area contributed by atoms with Crippen molar-refractivity contribution in [3.8, 4) is 0 Å². The van der Waals surface area contributed by atoms with Crippen LogP contribution in [0.3, 0.4) is 0 Å². The fraction of sp³-hybridized carbons (Fsp3) is 0.421. The maximum atomic E-state index is 12.6. The zero-order valence-corrected chi connectivity index (χ0v) is 15.3. The van der Waals surface area contributed by atoms with Crippen molar-refractivity contribution in [1.82, 2.24) is 19.6 Å². The Morgan fingerprint density at radius 2 is 1.77 bits per heavy atom. The smallest absolute Gasteiger partial charge is 0.274 e. The number of hydrogen-bond donors (Lipinski definition) is 1. The van der Waals surface area contributed by atoms with Crippen LogP contribution in [0, 0.1) is 0 Å². The van der Waals surface area contributed by atoms with Crippen molar-refractivity contribution in [2.75, 3.05) is 38.5 Å². The maximum absolute atomic E-state index is 12.6. The largest absolute Gasteiger partial charge is 0.335 e. The molecule has 1 fully saturated rings. The predicted octanol–water partition coefficient (Wildman–Crippen LogP) is 1.38. The summed E-state index contributed by atoms with van der Waals surface area (Å²) in [6, 6.07) is 11.5. The van der Waals surface area contributed by atoms with Crippen LogP contribution in [0.2, 0.25) is 0 Å². The Hall–Kier alpha value is -2.67. The van der Waals surface area contributed by atoms with Gasteiger partial charge in [-0.15, -0.1) is 0 Å². The molecule has 0 spiro atoms. The molecule has 1 aromatic carbocycles. The highest BCUT2D eigenvalue weighted by atomic mass is 16.2. The molecule has 7 nitrogen and oxygen atoms in total. The molecule has 26 heavy (non-hydrogen) atoms. The minimum atomic E-state index is -0.0875. The van der Waals surface area contributed by atoms with Crippen molar-refractivity contribution < 1.29 is 9.59 Å². The van der Waals surface area contributed by atoms with E-state index in [4.69, 9.17) is 0 Å². The number of carbonyl (C=O) groups is 2. The Morgan fingerprint density at radius 1 is 1.08 bits per heavy atom. The van der Waals surface area contributed by atoms with Crippen LogP contribution >= 0.6 is 0 Å². The molecular weight excluding hydrogens is 330 g/mol. The Kier molecular flexibility index (Phi) is 5.68. The van der Waals surface area contributed by atoms with Crippen molar-refractivity contribution in [3.05, 3.63) is 47.7 Å². The lowest BCUT2D eigenvalue weighted by Gasteiger charge is -2.31. The summed E-state index contributed by atoms with van der Waals surface area (Å²) < 4.78 is 1.55. The van der Waals surface area contributed by atoms with E-state index in [2.05, 4.69) is 15.3 Å². The molecule has 138 valence electrons. The molecule has 0 radical (unpaired) electrons. The van der Waals surface area contributed by atoms with Crippen LogP contribution in [0.25, 0.3) is 0 Å². The molecule has 2 heterocycles. The molecule has 7 heteroatoms. The summed E-state index contributed by atoms with van der Waals surface area (Å²) in [6.07, 6.45) is 1.06. The lowest BCUT2D eigenvalue weighted by Crippen LogP contribution is -2.47. The lowest BCUT2D eigenvalue weighted by molar-refractivity contribution is -0.116. The van der Waals surface area contributed by atoms with Crippen molar-refractivity contribution in [3.63, 3.8) is 0 Å². The van der Waals surface area contributed by atoms with Gasteiger partial charge < -0.3 is 15.1 Å². The molecule has 1 N–H and O–H groups in total. The van der Waals surface area contributed by atoms with Crippen molar-refractivity contribution in [2.24, 2.45) is 7.05 Å². The predicted molar refractivity (Wildman–Crippen MR) is 100 cm³/mol. The zero-order valence-electron chi connectivity index (χ0n) is 15.3. The standard InChI is InChI=1S/C19H25N5O2/c1-22-10-12-24(13-11-22)19(26)16-14-17(23(2)21-16)20-18(25)9-8-15-6-4-3-5-7-15/h3-7,14H,8-13H2,1-2H3,(H,20,25).